The second-order valence-corrected chi connectivity index (χ2v) is 7.05. The molecule has 0 aromatic heterocycles. The van der Waals surface area contributed by atoms with E-state index in [9.17, 15) is 0 Å². The molecule has 0 amide bonds. The molecule has 0 unspecified atom stereocenters. The van der Waals surface area contributed by atoms with Crippen LogP contribution < -0.4 is 0 Å². The molecule has 0 aliphatic heterocycles. The van der Waals surface area contributed by atoms with Crippen LogP contribution in [0.2, 0.25) is 10.0 Å². The van der Waals surface area contributed by atoms with Crippen molar-refractivity contribution in [2.45, 2.75) is 49.8 Å². The van der Waals surface area contributed by atoms with Crippen LogP contribution in [0.3, 0.4) is 0 Å². The van der Waals surface area contributed by atoms with E-state index >= 15 is 0 Å². The van der Waals surface area contributed by atoms with E-state index in [0.717, 1.165) is 26.4 Å². The van der Waals surface area contributed by atoms with Gasteiger partial charge in [0.05, 0.1) is 5.02 Å². The van der Waals surface area contributed by atoms with Crippen molar-refractivity contribution >= 4 is 47.6 Å². The Morgan fingerprint density at radius 1 is 0.895 bits per heavy atom. The van der Waals surface area contributed by atoms with Gasteiger partial charge in [0, 0.05) is 9.92 Å². The number of thiol groups is 1. The smallest absolute Gasteiger partial charge is 0.0542 e. The molecule has 4 heteroatoms. The molecule has 0 heterocycles. The summed E-state index contributed by atoms with van der Waals surface area (Å²) in [7, 11) is 0. The summed E-state index contributed by atoms with van der Waals surface area (Å²) >= 11 is 18.1. The number of benzene rings is 1. The molecule has 0 aliphatic rings. The van der Waals surface area contributed by atoms with Crippen molar-refractivity contribution in [2.75, 3.05) is 11.5 Å². The molecular formula is C15H22Cl2S2. The van der Waals surface area contributed by atoms with E-state index < -0.39 is 0 Å². The van der Waals surface area contributed by atoms with Crippen LogP contribution in [0.1, 0.15) is 44.9 Å². The number of halogens is 2. The van der Waals surface area contributed by atoms with Gasteiger partial charge in [0.2, 0.25) is 0 Å². The standard InChI is InChI=1S/C15H22Cl2S2/c16-13-8-9-14(17)15(12-13)19-11-7-5-3-1-2-4-6-10-18/h8-9,12,18H,1-7,10-11H2. The summed E-state index contributed by atoms with van der Waals surface area (Å²) in [5, 5.41) is 1.57. The highest BCUT2D eigenvalue weighted by atomic mass is 35.5. The van der Waals surface area contributed by atoms with Gasteiger partial charge < -0.3 is 0 Å². The first-order valence-corrected chi connectivity index (χ1v) is 9.30. The molecule has 1 aromatic carbocycles. The Morgan fingerprint density at radius 3 is 2.21 bits per heavy atom. The molecule has 0 bridgehead atoms. The molecule has 0 spiro atoms. The highest BCUT2D eigenvalue weighted by Crippen LogP contribution is 2.30. The van der Waals surface area contributed by atoms with Crippen molar-refractivity contribution in [1.82, 2.24) is 0 Å². The third kappa shape index (κ3) is 8.39. The number of thioether (sulfide) groups is 1. The maximum Gasteiger partial charge on any atom is 0.0542 e. The fraction of sp³-hybridized carbons (Fsp3) is 0.600. The molecule has 0 atom stereocenters. The second-order valence-electron chi connectivity index (χ2n) is 4.62. The predicted molar refractivity (Wildman–Crippen MR) is 93.4 cm³/mol. The quantitative estimate of drug-likeness (QED) is 0.280. The topological polar surface area (TPSA) is 0 Å². The van der Waals surface area contributed by atoms with Crippen molar-refractivity contribution in [1.29, 1.82) is 0 Å². The maximum absolute atomic E-state index is 6.12. The first-order chi connectivity index (χ1) is 9.24. The molecule has 19 heavy (non-hydrogen) atoms. The van der Waals surface area contributed by atoms with E-state index in [2.05, 4.69) is 12.6 Å². The Labute approximate surface area is 137 Å². The van der Waals surface area contributed by atoms with Crippen molar-refractivity contribution < 1.29 is 0 Å². The van der Waals surface area contributed by atoms with E-state index in [-0.39, 0.29) is 0 Å². The number of hydrogen-bond acceptors (Lipinski definition) is 2. The summed E-state index contributed by atoms with van der Waals surface area (Å²) in [5.74, 6) is 2.15. The van der Waals surface area contributed by atoms with E-state index in [1.165, 1.54) is 44.9 Å². The van der Waals surface area contributed by atoms with Crippen LogP contribution in [0, 0.1) is 0 Å². The van der Waals surface area contributed by atoms with Gasteiger partial charge in [-0.1, -0.05) is 55.3 Å². The van der Waals surface area contributed by atoms with Crippen LogP contribution in [-0.4, -0.2) is 11.5 Å². The molecule has 0 saturated carbocycles. The fourth-order valence-corrected chi connectivity index (χ4v) is 3.59. The highest BCUT2D eigenvalue weighted by molar-refractivity contribution is 7.99. The monoisotopic (exact) mass is 336 g/mol. The van der Waals surface area contributed by atoms with Gasteiger partial charge >= 0.3 is 0 Å². The van der Waals surface area contributed by atoms with Crippen LogP contribution in [0.5, 0.6) is 0 Å². The zero-order valence-corrected chi connectivity index (χ0v) is 14.4. The van der Waals surface area contributed by atoms with Gasteiger partial charge in [-0.2, -0.15) is 12.6 Å². The third-order valence-electron chi connectivity index (χ3n) is 2.95. The Balaban J connectivity index is 2.03. The lowest BCUT2D eigenvalue weighted by molar-refractivity contribution is 0.605. The van der Waals surface area contributed by atoms with E-state index in [4.69, 9.17) is 23.2 Å². The van der Waals surface area contributed by atoms with Gasteiger partial charge in [0.25, 0.3) is 0 Å². The highest BCUT2D eigenvalue weighted by Gasteiger charge is 2.01. The molecule has 1 rings (SSSR count). The summed E-state index contributed by atoms with van der Waals surface area (Å²) in [6.07, 6.45) is 9.20. The normalized spacial score (nSPS) is 10.9. The van der Waals surface area contributed by atoms with E-state index in [0.29, 0.717) is 0 Å². The molecule has 0 nitrogen and oxygen atoms in total. The lowest BCUT2D eigenvalue weighted by Gasteiger charge is -2.05. The summed E-state index contributed by atoms with van der Waals surface area (Å²) in [6.45, 7) is 0. The summed E-state index contributed by atoms with van der Waals surface area (Å²) in [5.41, 5.74) is 0. The molecule has 0 radical (unpaired) electrons. The number of unbranched alkanes of at least 4 members (excludes halogenated alkanes) is 6. The van der Waals surface area contributed by atoms with Crippen molar-refractivity contribution in [3.8, 4) is 0 Å². The van der Waals surface area contributed by atoms with Gasteiger partial charge in [-0.25, -0.2) is 0 Å². The second kappa shape index (κ2) is 11.2. The average molecular weight is 337 g/mol. The zero-order valence-electron chi connectivity index (χ0n) is 11.2. The Bertz CT molecular complexity index is 356. The lowest BCUT2D eigenvalue weighted by Crippen LogP contribution is -1.84. The van der Waals surface area contributed by atoms with Crippen LogP contribution in [0.4, 0.5) is 0 Å². The summed E-state index contributed by atoms with van der Waals surface area (Å²) in [6, 6.07) is 5.65. The van der Waals surface area contributed by atoms with Crippen molar-refractivity contribution in [3.63, 3.8) is 0 Å². The zero-order chi connectivity index (χ0) is 13.9. The average Bonchev–Trinajstić information content (AvgIpc) is 2.40. The number of rotatable bonds is 10. The molecule has 108 valence electrons. The maximum atomic E-state index is 6.12. The van der Waals surface area contributed by atoms with E-state index in [1.54, 1.807) is 11.8 Å². The predicted octanol–water partition coefficient (Wildman–Crippen LogP) is 6.75. The van der Waals surface area contributed by atoms with Crippen molar-refractivity contribution in [2.24, 2.45) is 0 Å². The Morgan fingerprint density at radius 2 is 1.53 bits per heavy atom. The van der Waals surface area contributed by atoms with Crippen LogP contribution >= 0.6 is 47.6 Å². The van der Waals surface area contributed by atoms with Crippen LogP contribution in [-0.2, 0) is 0 Å². The Hall–Kier alpha value is 0.500. The molecule has 0 fully saturated rings. The van der Waals surface area contributed by atoms with Crippen LogP contribution in [0.25, 0.3) is 0 Å². The van der Waals surface area contributed by atoms with Gasteiger partial charge in [-0.05, 0) is 42.5 Å². The molecule has 0 N–H and O–H groups in total. The largest absolute Gasteiger partial charge is 0.179 e. The van der Waals surface area contributed by atoms with Crippen molar-refractivity contribution in [3.05, 3.63) is 28.2 Å². The first-order valence-electron chi connectivity index (χ1n) is 6.93. The molecular weight excluding hydrogens is 315 g/mol. The lowest BCUT2D eigenvalue weighted by atomic mass is 10.1. The minimum absolute atomic E-state index is 0.760. The third-order valence-corrected chi connectivity index (χ3v) is 5.09. The van der Waals surface area contributed by atoms with E-state index in [1.807, 2.05) is 18.2 Å². The fourth-order valence-electron chi connectivity index (χ4n) is 1.87. The van der Waals surface area contributed by atoms with Gasteiger partial charge in [-0.15, -0.1) is 11.8 Å². The minimum atomic E-state index is 0.760. The molecule has 1 aromatic rings. The molecule has 0 aliphatic carbocycles. The van der Waals surface area contributed by atoms with Crippen LogP contribution in [0.15, 0.2) is 23.1 Å². The van der Waals surface area contributed by atoms with Gasteiger partial charge in [-0.3, -0.25) is 0 Å². The first kappa shape index (κ1) is 17.6. The summed E-state index contributed by atoms with van der Waals surface area (Å²) in [4.78, 5) is 1.10. The van der Waals surface area contributed by atoms with Gasteiger partial charge in [0.15, 0.2) is 0 Å². The number of hydrogen-bond donors (Lipinski definition) is 1. The Kier molecular flexibility index (Phi) is 10.3. The SMILES string of the molecule is SCCCCCCCCCSc1cc(Cl)ccc1Cl. The summed E-state index contributed by atoms with van der Waals surface area (Å²) < 4.78 is 0. The minimum Gasteiger partial charge on any atom is -0.179 e. The van der Waals surface area contributed by atoms with Gasteiger partial charge in [0.1, 0.15) is 0 Å². The molecule has 0 saturated heterocycles.